The number of carbonyl (C=O) groups is 9. The minimum atomic E-state index is -1.85. The number of ether oxygens (including phenoxy) is 4. The van der Waals surface area contributed by atoms with Gasteiger partial charge in [0.05, 0.1) is 18.3 Å². The Hall–Kier alpha value is -9.88. The Labute approximate surface area is 667 Å². The van der Waals surface area contributed by atoms with Crippen molar-refractivity contribution in [2.75, 3.05) is 95.1 Å². The number of ketones is 3. The molecule has 6 aromatic carbocycles. The fraction of sp³-hybridized carbons (Fsp3) is 0.400. The Balaban J connectivity index is 0.000000281. The first kappa shape index (κ1) is 92.7. The molecule has 2 saturated heterocycles. The fourth-order valence-corrected chi connectivity index (χ4v) is 11.7. The number of amides is 6. The van der Waals surface area contributed by atoms with Gasteiger partial charge >= 0.3 is 0 Å². The summed E-state index contributed by atoms with van der Waals surface area (Å²) in [5.74, 6) is 9.34. The van der Waals surface area contributed by atoms with Crippen molar-refractivity contribution in [1.82, 2.24) is 30.7 Å². The second-order valence-electron chi connectivity index (χ2n) is 26.4. The molecule has 27 heteroatoms. The van der Waals surface area contributed by atoms with Crippen LogP contribution in [0.3, 0.4) is 0 Å². The Morgan fingerprint density at radius 1 is 0.446 bits per heavy atom. The van der Waals surface area contributed by atoms with Crippen molar-refractivity contribution in [3.63, 3.8) is 0 Å². The van der Waals surface area contributed by atoms with Crippen molar-refractivity contribution in [3.05, 3.63) is 210 Å². The summed E-state index contributed by atoms with van der Waals surface area (Å²) in [6, 6.07) is 41.1. The van der Waals surface area contributed by atoms with Crippen molar-refractivity contribution >= 4 is 75.4 Å². The van der Waals surface area contributed by atoms with Gasteiger partial charge in [0, 0.05) is 143 Å². The van der Waals surface area contributed by atoms with E-state index in [2.05, 4.69) is 68.1 Å². The molecule has 26 nitrogen and oxygen atoms in total. The predicted molar refractivity (Wildman–Crippen MR) is 426 cm³/mol. The highest BCUT2D eigenvalue weighted by atomic mass is 127. The summed E-state index contributed by atoms with van der Waals surface area (Å²) in [6.45, 7) is 3.53. The third kappa shape index (κ3) is 25.8. The summed E-state index contributed by atoms with van der Waals surface area (Å²) in [7, 11) is 8.39. The SMILES string of the molecule is C#Cc1ccc(C(O)CCO)cc1.CNC(=O)[C@@](C)(C(=O)CO)N(C)C(=O)c1ccc(C#Cc2ccc(C(O)CCO)cc2)cc1.CNC(=O)[C@@](C)(C(=O)COC1CCCCO1)N(C)C(=O)c1ccc(C#Cc2ccc(C(O)CCO)cc2)cc1.CNC(=O)[C@@](C)(C(=O)COC1CCCCO1)N(C)C(=O)c1ccc(I)cc1. The van der Waals surface area contributed by atoms with Crippen molar-refractivity contribution in [3.8, 4) is 36.0 Å². The summed E-state index contributed by atoms with van der Waals surface area (Å²) < 4.78 is 23.1. The van der Waals surface area contributed by atoms with Crippen LogP contribution in [0, 0.1) is 39.6 Å². The normalized spacial score (nSPS) is 15.9. The highest BCUT2D eigenvalue weighted by Gasteiger charge is 2.49. The van der Waals surface area contributed by atoms with Crippen LogP contribution in [-0.2, 0) is 47.7 Å². The van der Waals surface area contributed by atoms with E-state index in [0.717, 1.165) is 61.3 Å². The zero-order chi connectivity index (χ0) is 82.7. The van der Waals surface area contributed by atoms with Crippen LogP contribution < -0.4 is 16.0 Å². The van der Waals surface area contributed by atoms with E-state index in [9.17, 15) is 63.6 Å². The van der Waals surface area contributed by atoms with Crippen molar-refractivity contribution < 1.29 is 97.8 Å². The Morgan fingerprint density at radius 3 is 0.964 bits per heavy atom. The molecular formula is C85H101IN6O20. The van der Waals surface area contributed by atoms with Gasteiger partial charge in [0.1, 0.15) is 19.8 Å². The molecule has 2 aliphatic rings. The van der Waals surface area contributed by atoms with Gasteiger partial charge < -0.3 is 85.3 Å². The molecule has 6 amide bonds. The highest BCUT2D eigenvalue weighted by molar-refractivity contribution is 14.1. The van der Waals surface area contributed by atoms with E-state index >= 15 is 0 Å². The summed E-state index contributed by atoms with van der Waals surface area (Å²) in [5.41, 5.74) is 1.41. The van der Waals surface area contributed by atoms with Gasteiger partial charge in [-0.1, -0.05) is 66.0 Å². The number of Topliss-reactive ketones (excluding diaryl/α,β-unsaturated/α-hetero) is 3. The molecule has 8 atom stereocenters. The van der Waals surface area contributed by atoms with E-state index in [-0.39, 0.29) is 51.4 Å². The van der Waals surface area contributed by atoms with Gasteiger partial charge in [-0.05, 0) is 208 Å². The number of aliphatic hydroxyl groups is 7. The number of rotatable bonds is 28. The zero-order valence-corrected chi connectivity index (χ0v) is 66.7. The largest absolute Gasteiger partial charge is 0.396 e. The van der Waals surface area contributed by atoms with E-state index in [0.29, 0.717) is 65.9 Å². The van der Waals surface area contributed by atoms with Gasteiger partial charge in [-0.15, -0.1) is 6.42 Å². The number of terminal acetylenes is 1. The van der Waals surface area contributed by atoms with Crippen LogP contribution in [0.5, 0.6) is 0 Å². The molecule has 0 bridgehead atoms. The minimum absolute atomic E-state index is 0.0158. The lowest BCUT2D eigenvalue weighted by molar-refractivity contribution is -0.174. The number of halogens is 1. The van der Waals surface area contributed by atoms with Crippen LogP contribution in [0.25, 0.3) is 0 Å². The molecule has 0 radical (unpaired) electrons. The molecule has 10 N–H and O–H groups in total. The number of likely N-dealkylation sites (N-methyl/N-ethyl adjacent to an activating group) is 6. The number of hydrogen-bond donors (Lipinski definition) is 10. The Kier molecular flexibility index (Phi) is 38.2. The van der Waals surface area contributed by atoms with E-state index in [1.165, 1.54) is 68.0 Å². The molecule has 2 aliphatic heterocycles. The first-order valence-corrected chi connectivity index (χ1v) is 37.4. The van der Waals surface area contributed by atoms with E-state index < -0.39 is 107 Å². The standard InChI is InChI=1S/C30H36N2O7.C25H28N2O6.C19H25IN2O5.C11H12O2/c1-30(29(37)31-2,26(35)20-39-27-6-4-5-19-38-27)32(3)28(36)24-15-11-22(12-16-24)8-7-21-9-13-23(14-10-21)25(34)17-18-33;1-25(22(31)16-29,24(33)26-2)27(3)23(32)20-12-8-18(9-13-20)5-4-17-6-10-19(11-7-17)21(30)14-15-28;1-19(18(25)21-2,15(23)12-27-16-6-4-5-11-26-16)22(3)17(24)13-7-9-14(20)10-8-13;1-2-9-3-5-10(6-4-9)11(13)7-8-12/h9-16,25,27,33-34H,4-6,17-20H2,1-3H3,(H,31,37);6-13,21,28-30H,14-16H2,1-3H3,(H,26,33);7-10,16H,4-6,11-12H2,1-3H3,(H,21,25);1,3-6,11-13H,7-8H2/t25?,27?,30-;21?,25-;16?,19-;/m111./s1. The quantitative estimate of drug-likeness (QED) is 0.0155. The topological polar surface area (TPSA) is 378 Å². The van der Waals surface area contributed by atoms with E-state index in [1.54, 1.807) is 146 Å². The van der Waals surface area contributed by atoms with Crippen LogP contribution >= 0.6 is 22.6 Å². The first-order valence-electron chi connectivity index (χ1n) is 36.3. The van der Waals surface area contributed by atoms with Crippen LogP contribution in [0.1, 0.15) is 172 Å². The van der Waals surface area contributed by atoms with Crippen LogP contribution in [0.4, 0.5) is 0 Å². The lowest BCUT2D eigenvalue weighted by Gasteiger charge is -2.36. The number of nitrogens with one attached hydrogen (secondary N) is 3. The molecule has 0 spiro atoms. The second kappa shape index (κ2) is 46.2. The number of benzene rings is 6. The zero-order valence-electron chi connectivity index (χ0n) is 64.5. The summed E-state index contributed by atoms with van der Waals surface area (Å²) in [5, 5.41) is 72.4. The second-order valence-corrected chi connectivity index (χ2v) is 27.7. The number of nitrogens with zero attached hydrogens (tertiary/aromatic N) is 3. The molecule has 598 valence electrons. The summed E-state index contributed by atoms with van der Waals surface area (Å²) in [4.78, 5) is 118. The minimum Gasteiger partial charge on any atom is -0.396 e. The van der Waals surface area contributed by atoms with E-state index in [1.807, 2.05) is 0 Å². The maximum Gasteiger partial charge on any atom is 0.254 e. The predicted octanol–water partition coefficient (Wildman–Crippen LogP) is 5.90. The Morgan fingerprint density at radius 2 is 0.714 bits per heavy atom. The molecule has 2 heterocycles. The van der Waals surface area contributed by atoms with Crippen molar-refractivity contribution in [2.24, 2.45) is 0 Å². The molecular weight excluding hydrogens is 1550 g/mol. The number of aliphatic hydroxyl groups excluding tert-OH is 7. The average molecular weight is 1650 g/mol. The van der Waals surface area contributed by atoms with Crippen LogP contribution in [0.15, 0.2) is 146 Å². The molecule has 0 saturated carbocycles. The monoisotopic (exact) mass is 1650 g/mol. The third-order valence-corrected chi connectivity index (χ3v) is 19.8. The summed E-state index contributed by atoms with van der Waals surface area (Å²) >= 11 is 2.14. The van der Waals surface area contributed by atoms with E-state index in [4.69, 9.17) is 40.7 Å². The third-order valence-electron chi connectivity index (χ3n) is 19.1. The summed E-state index contributed by atoms with van der Waals surface area (Å²) in [6.07, 6.45) is 8.28. The fourth-order valence-electron chi connectivity index (χ4n) is 11.3. The molecule has 0 aliphatic carbocycles. The molecule has 8 rings (SSSR count). The maximum atomic E-state index is 13.3. The molecule has 5 unspecified atom stereocenters. The van der Waals surface area contributed by atoms with Gasteiger partial charge in [-0.2, -0.15) is 0 Å². The average Bonchev–Trinajstić information content (AvgIpc) is 0.792. The van der Waals surface area contributed by atoms with Crippen molar-refractivity contribution in [2.45, 2.75) is 126 Å². The highest BCUT2D eigenvalue weighted by Crippen LogP contribution is 2.27. The van der Waals surface area contributed by atoms with Crippen molar-refractivity contribution in [1.29, 1.82) is 0 Å². The molecule has 112 heavy (non-hydrogen) atoms. The number of hydrogen-bond acceptors (Lipinski definition) is 20. The van der Waals surface area contributed by atoms with Gasteiger partial charge in [-0.25, -0.2) is 0 Å². The maximum absolute atomic E-state index is 13.3. The molecule has 0 aromatic heterocycles. The van der Waals surface area contributed by atoms with Gasteiger partial charge in [0.2, 0.25) is 0 Å². The smallest absolute Gasteiger partial charge is 0.254 e. The lowest BCUT2D eigenvalue weighted by Crippen LogP contribution is -2.62. The van der Waals surface area contributed by atoms with Crippen LogP contribution in [-0.4, -0.2) is 228 Å². The van der Waals surface area contributed by atoms with Gasteiger partial charge in [-0.3, -0.25) is 43.2 Å². The van der Waals surface area contributed by atoms with Gasteiger partial charge in [0.25, 0.3) is 35.4 Å². The Bertz CT molecular complexity index is 4260. The van der Waals surface area contributed by atoms with Crippen LogP contribution in [0.2, 0.25) is 0 Å². The number of carbonyl (C=O) groups excluding carboxylic acids is 9. The molecule has 2 fully saturated rings. The first-order chi connectivity index (χ1) is 53.5. The molecule has 6 aromatic rings. The lowest BCUT2D eigenvalue weighted by atomic mass is 9.92. The van der Waals surface area contributed by atoms with Gasteiger partial charge in [0.15, 0.2) is 46.5 Å².